The number of cyclic esters (lactones) is 2. The number of halogens is 2. The number of carbonyl (C=O) groups excluding carboxylic acids is 2. The van der Waals surface area contributed by atoms with Gasteiger partial charge in [0.2, 0.25) is 0 Å². The molecule has 0 aromatic heterocycles. The highest BCUT2D eigenvalue weighted by Gasteiger charge is 2.38. The van der Waals surface area contributed by atoms with Gasteiger partial charge in [0.05, 0.1) is 5.69 Å². The van der Waals surface area contributed by atoms with Gasteiger partial charge in [0.15, 0.2) is 5.57 Å². The normalized spacial score (nSPS) is 16.9. The van der Waals surface area contributed by atoms with E-state index >= 15 is 0 Å². The van der Waals surface area contributed by atoms with Crippen LogP contribution in [-0.2, 0) is 25.5 Å². The maximum atomic E-state index is 11.9. The van der Waals surface area contributed by atoms with Crippen LogP contribution in [0.3, 0.4) is 0 Å². The molecule has 5 nitrogen and oxygen atoms in total. The lowest BCUT2D eigenvalue weighted by molar-refractivity contribution is -0.222. The Kier molecular flexibility index (Phi) is 4.97. The molecule has 118 valence electrons. The lowest BCUT2D eigenvalue weighted by Gasteiger charge is -2.29. The molecule has 2 rings (SSSR count). The molecule has 1 aromatic carbocycles. The minimum atomic E-state index is -1.24. The quantitative estimate of drug-likeness (QED) is 0.445. The molecule has 0 spiro atoms. The molecular formula is C15H15Br2NO4. The van der Waals surface area contributed by atoms with Gasteiger partial charge >= 0.3 is 11.9 Å². The monoisotopic (exact) mass is 431 g/mol. The van der Waals surface area contributed by atoms with Crippen LogP contribution in [0.5, 0.6) is 0 Å². The Hall–Kier alpha value is -1.34. The van der Waals surface area contributed by atoms with Gasteiger partial charge in [0.25, 0.3) is 5.79 Å². The number of carbonyl (C=O) groups is 2. The first kappa shape index (κ1) is 17.0. The predicted octanol–water partition coefficient (Wildman–Crippen LogP) is 3.91. The molecule has 0 amide bonds. The van der Waals surface area contributed by atoms with Crippen molar-refractivity contribution in [1.82, 2.24) is 0 Å². The van der Waals surface area contributed by atoms with Gasteiger partial charge in [-0.25, -0.2) is 9.59 Å². The average molecular weight is 433 g/mol. The molecule has 7 heteroatoms. The van der Waals surface area contributed by atoms with E-state index in [0.717, 1.165) is 20.9 Å². The Morgan fingerprint density at radius 3 is 2.09 bits per heavy atom. The number of benzene rings is 1. The van der Waals surface area contributed by atoms with Crippen LogP contribution < -0.4 is 5.32 Å². The molecule has 1 aromatic rings. The molecule has 0 radical (unpaired) electrons. The van der Waals surface area contributed by atoms with Crippen molar-refractivity contribution in [1.29, 1.82) is 0 Å². The second kappa shape index (κ2) is 6.42. The first-order chi connectivity index (χ1) is 10.2. The van der Waals surface area contributed by atoms with Gasteiger partial charge in [-0.15, -0.1) is 0 Å². The summed E-state index contributed by atoms with van der Waals surface area (Å²) in [4.78, 5) is 23.7. The first-order valence-electron chi connectivity index (χ1n) is 6.65. The molecule has 22 heavy (non-hydrogen) atoms. The van der Waals surface area contributed by atoms with Crippen LogP contribution in [0.25, 0.3) is 0 Å². The van der Waals surface area contributed by atoms with E-state index in [0.29, 0.717) is 5.69 Å². The summed E-state index contributed by atoms with van der Waals surface area (Å²) in [5.41, 5.74) is 1.67. The highest BCUT2D eigenvalue weighted by Crippen LogP contribution is 2.33. The SMILES string of the molecule is CCc1cc(Br)c(NC=C2C(=O)OC(C)(C)OC2=O)c(Br)c1. The first-order valence-corrected chi connectivity index (χ1v) is 8.23. The molecule has 1 N–H and O–H groups in total. The van der Waals surface area contributed by atoms with Crippen molar-refractivity contribution in [2.75, 3.05) is 5.32 Å². The molecule has 0 aliphatic carbocycles. The van der Waals surface area contributed by atoms with Crippen molar-refractivity contribution in [2.45, 2.75) is 33.0 Å². The van der Waals surface area contributed by atoms with Crippen molar-refractivity contribution in [3.8, 4) is 0 Å². The second-order valence-corrected chi connectivity index (χ2v) is 6.88. The Bertz CT molecular complexity index is 623. The van der Waals surface area contributed by atoms with E-state index in [-0.39, 0.29) is 5.57 Å². The smallest absolute Gasteiger partial charge is 0.350 e. The molecule has 0 atom stereocenters. The maximum absolute atomic E-state index is 11.9. The molecule has 0 bridgehead atoms. The van der Waals surface area contributed by atoms with E-state index in [4.69, 9.17) is 9.47 Å². The van der Waals surface area contributed by atoms with Crippen molar-refractivity contribution >= 4 is 49.5 Å². The number of nitrogens with one attached hydrogen (secondary N) is 1. The van der Waals surface area contributed by atoms with Crippen LogP contribution in [-0.4, -0.2) is 17.7 Å². The zero-order valence-electron chi connectivity index (χ0n) is 12.3. The van der Waals surface area contributed by atoms with Crippen LogP contribution in [0.15, 0.2) is 32.9 Å². The predicted molar refractivity (Wildman–Crippen MR) is 89.2 cm³/mol. The molecule has 1 saturated heterocycles. The highest BCUT2D eigenvalue weighted by atomic mass is 79.9. The number of hydrogen-bond acceptors (Lipinski definition) is 5. The molecule has 1 heterocycles. The standard InChI is InChI=1S/C15H15Br2NO4/c1-4-8-5-10(16)12(11(17)6-8)18-7-9-13(19)21-15(2,3)22-14(9)20/h5-7,18H,4H2,1-3H3. The summed E-state index contributed by atoms with van der Waals surface area (Å²) in [6.07, 6.45) is 2.18. The summed E-state index contributed by atoms with van der Waals surface area (Å²) in [7, 11) is 0. The Balaban J connectivity index is 2.26. The van der Waals surface area contributed by atoms with Gasteiger partial charge in [-0.1, -0.05) is 6.92 Å². The van der Waals surface area contributed by atoms with Gasteiger partial charge in [-0.05, 0) is 56.0 Å². The van der Waals surface area contributed by atoms with E-state index in [9.17, 15) is 9.59 Å². The van der Waals surface area contributed by atoms with Crippen LogP contribution in [0.2, 0.25) is 0 Å². The summed E-state index contributed by atoms with van der Waals surface area (Å²) in [6.45, 7) is 5.06. The third kappa shape index (κ3) is 3.70. The number of anilines is 1. The number of esters is 2. The summed E-state index contributed by atoms with van der Waals surface area (Å²) >= 11 is 6.92. The third-order valence-corrected chi connectivity index (χ3v) is 4.24. The lowest BCUT2D eigenvalue weighted by Crippen LogP contribution is -2.42. The van der Waals surface area contributed by atoms with Crippen molar-refractivity contribution < 1.29 is 19.1 Å². The summed E-state index contributed by atoms with van der Waals surface area (Å²) < 4.78 is 11.7. The largest absolute Gasteiger partial charge is 0.419 e. The van der Waals surface area contributed by atoms with E-state index in [1.807, 2.05) is 12.1 Å². The summed E-state index contributed by atoms with van der Waals surface area (Å²) in [5, 5.41) is 2.93. The molecule has 1 aliphatic heterocycles. The maximum Gasteiger partial charge on any atom is 0.350 e. The summed E-state index contributed by atoms with van der Waals surface area (Å²) in [5.74, 6) is -2.67. The second-order valence-electron chi connectivity index (χ2n) is 5.17. The molecule has 1 fully saturated rings. The lowest BCUT2D eigenvalue weighted by atomic mass is 10.1. The topological polar surface area (TPSA) is 64.6 Å². The van der Waals surface area contributed by atoms with E-state index < -0.39 is 17.7 Å². The van der Waals surface area contributed by atoms with Gasteiger partial charge in [0.1, 0.15) is 0 Å². The minimum Gasteiger partial charge on any atom is -0.419 e. The van der Waals surface area contributed by atoms with Crippen LogP contribution in [0, 0.1) is 0 Å². The zero-order chi connectivity index (χ0) is 16.5. The van der Waals surface area contributed by atoms with Gasteiger partial charge < -0.3 is 14.8 Å². The van der Waals surface area contributed by atoms with Crippen molar-refractivity contribution in [2.24, 2.45) is 0 Å². The van der Waals surface area contributed by atoms with Crippen molar-refractivity contribution in [3.05, 3.63) is 38.4 Å². The number of hydrogen-bond donors (Lipinski definition) is 1. The van der Waals surface area contributed by atoms with E-state index in [2.05, 4.69) is 44.1 Å². The number of ether oxygens (including phenoxy) is 2. The van der Waals surface area contributed by atoms with Crippen LogP contribution in [0.4, 0.5) is 5.69 Å². The van der Waals surface area contributed by atoms with Gasteiger partial charge in [0, 0.05) is 29.0 Å². The van der Waals surface area contributed by atoms with Crippen LogP contribution in [0.1, 0.15) is 26.3 Å². The Morgan fingerprint density at radius 2 is 1.64 bits per heavy atom. The Labute approximate surface area is 145 Å². The highest BCUT2D eigenvalue weighted by molar-refractivity contribution is 9.11. The summed E-state index contributed by atoms with van der Waals surface area (Å²) in [6, 6.07) is 3.93. The molecule has 1 aliphatic rings. The van der Waals surface area contributed by atoms with Crippen LogP contribution >= 0.6 is 31.9 Å². The minimum absolute atomic E-state index is 0.183. The van der Waals surface area contributed by atoms with E-state index in [1.165, 1.54) is 20.0 Å². The van der Waals surface area contributed by atoms with Gasteiger partial charge in [-0.3, -0.25) is 0 Å². The van der Waals surface area contributed by atoms with Gasteiger partial charge in [-0.2, -0.15) is 0 Å². The fraction of sp³-hybridized carbons (Fsp3) is 0.333. The third-order valence-electron chi connectivity index (χ3n) is 2.99. The zero-order valence-corrected chi connectivity index (χ0v) is 15.5. The molecule has 0 saturated carbocycles. The molecule has 0 unspecified atom stereocenters. The average Bonchev–Trinajstić information content (AvgIpc) is 2.38. The van der Waals surface area contributed by atoms with E-state index in [1.54, 1.807) is 0 Å². The molecular weight excluding hydrogens is 418 g/mol. The fourth-order valence-electron chi connectivity index (χ4n) is 1.89. The number of rotatable bonds is 3. The van der Waals surface area contributed by atoms with Crippen molar-refractivity contribution in [3.63, 3.8) is 0 Å². The number of aryl methyl sites for hydroxylation is 1. The fourth-order valence-corrected chi connectivity index (χ4v) is 3.40. The Morgan fingerprint density at radius 1 is 1.14 bits per heavy atom.